The van der Waals surface area contributed by atoms with Gasteiger partial charge in [-0.05, 0) is 39.7 Å². The van der Waals surface area contributed by atoms with Crippen LogP contribution >= 0.6 is 0 Å². The Bertz CT molecular complexity index is 379. The first kappa shape index (κ1) is 16.7. The molecule has 0 atom stereocenters. The van der Waals surface area contributed by atoms with Crippen LogP contribution in [-0.4, -0.2) is 56.5 Å². The van der Waals surface area contributed by atoms with Gasteiger partial charge in [-0.25, -0.2) is 0 Å². The van der Waals surface area contributed by atoms with Gasteiger partial charge in [-0.1, -0.05) is 30.3 Å². The Kier molecular flexibility index (Phi) is 7.92. The van der Waals surface area contributed by atoms with Crippen molar-refractivity contribution >= 4 is 5.91 Å². The van der Waals surface area contributed by atoms with Crippen molar-refractivity contribution in [3.63, 3.8) is 0 Å². The van der Waals surface area contributed by atoms with Crippen LogP contribution in [0.4, 0.5) is 0 Å². The van der Waals surface area contributed by atoms with Crippen LogP contribution in [0, 0.1) is 0 Å². The van der Waals surface area contributed by atoms with Crippen molar-refractivity contribution in [1.29, 1.82) is 0 Å². The van der Waals surface area contributed by atoms with Crippen LogP contribution in [-0.2, 0) is 11.3 Å². The van der Waals surface area contributed by atoms with Gasteiger partial charge in [0.1, 0.15) is 0 Å². The molecule has 1 amide bonds. The summed E-state index contributed by atoms with van der Waals surface area (Å²) in [7, 11) is 6.13. The standard InChI is InChI=1S/C16H27N3O/c1-18(2)12-7-11-17-16(20)10-13-19(3)14-15-8-5-4-6-9-15/h4-6,8-9H,7,10-14H2,1-3H3,(H,17,20). The highest BCUT2D eigenvalue weighted by Crippen LogP contribution is 2.02. The number of benzene rings is 1. The number of hydrogen-bond acceptors (Lipinski definition) is 3. The van der Waals surface area contributed by atoms with E-state index in [4.69, 9.17) is 0 Å². The van der Waals surface area contributed by atoms with Crippen molar-refractivity contribution in [3.8, 4) is 0 Å². The van der Waals surface area contributed by atoms with Gasteiger partial charge < -0.3 is 15.1 Å². The third-order valence-electron chi connectivity index (χ3n) is 3.12. The Morgan fingerprint density at radius 3 is 2.45 bits per heavy atom. The minimum Gasteiger partial charge on any atom is -0.356 e. The minimum atomic E-state index is 0.142. The fourth-order valence-corrected chi connectivity index (χ4v) is 1.98. The summed E-state index contributed by atoms with van der Waals surface area (Å²) >= 11 is 0. The summed E-state index contributed by atoms with van der Waals surface area (Å²) in [6.45, 7) is 3.44. The molecule has 0 bridgehead atoms. The lowest BCUT2D eigenvalue weighted by Crippen LogP contribution is -2.30. The molecule has 0 heterocycles. The minimum absolute atomic E-state index is 0.142. The highest BCUT2D eigenvalue weighted by Gasteiger charge is 2.04. The van der Waals surface area contributed by atoms with Gasteiger partial charge in [-0.2, -0.15) is 0 Å². The van der Waals surface area contributed by atoms with E-state index in [0.29, 0.717) is 6.42 Å². The third kappa shape index (κ3) is 7.92. The summed E-state index contributed by atoms with van der Waals surface area (Å²) in [4.78, 5) is 16.0. The van der Waals surface area contributed by atoms with Gasteiger partial charge in [0.25, 0.3) is 0 Å². The lowest BCUT2D eigenvalue weighted by molar-refractivity contribution is -0.121. The van der Waals surface area contributed by atoms with Crippen LogP contribution in [0.2, 0.25) is 0 Å². The normalized spacial score (nSPS) is 11.1. The van der Waals surface area contributed by atoms with Gasteiger partial charge in [-0.3, -0.25) is 4.79 Å². The molecule has 0 saturated carbocycles. The topological polar surface area (TPSA) is 35.6 Å². The molecule has 0 radical (unpaired) electrons. The number of carbonyl (C=O) groups excluding carboxylic acids is 1. The van der Waals surface area contributed by atoms with Crippen molar-refractivity contribution in [2.24, 2.45) is 0 Å². The smallest absolute Gasteiger partial charge is 0.221 e. The van der Waals surface area contributed by atoms with E-state index in [1.165, 1.54) is 5.56 Å². The number of rotatable bonds is 9. The largest absolute Gasteiger partial charge is 0.356 e. The van der Waals surface area contributed by atoms with E-state index >= 15 is 0 Å². The van der Waals surface area contributed by atoms with Crippen molar-refractivity contribution in [2.45, 2.75) is 19.4 Å². The second-order valence-electron chi connectivity index (χ2n) is 5.48. The maximum absolute atomic E-state index is 11.7. The van der Waals surface area contributed by atoms with Gasteiger partial charge in [-0.15, -0.1) is 0 Å². The van der Waals surface area contributed by atoms with Gasteiger partial charge in [0, 0.05) is 26.1 Å². The van der Waals surface area contributed by atoms with E-state index in [0.717, 1.165) is 32.6 Å². The average Bonchev–Trinajstić information content (AvgIpc) is 2.42. The fourth-order valence-electron chi connectivity index (χ4n) is 1.98. The maximum atomic E-state index is 11.7. The SMILES string of the molecule is CN(C)CCCNC(=O)CCN(C)Cc1ccccc1. The van der Waals surface area contributed by atoms with Gasteiger partial charge >= 0.3 is 0 Å². The molecule has 0 fully saturated rings. The Morgan fingerprint density at radius 2 is 1.80 bits per heavy atom. The second kappa shape index (κ2) is 9.50. The molecule has 0 saturated heterocycles. The molecule has 0 aromatic heterocycles. The summed E-state index contributed by atoms with van der Waals surface area (Å²) in [5.74, 6) is 0.142. The number of amides is 1. The highest BCUT2D eigenvalue weighted by molar-refractivity contribution is 5.75. The van der Waals surface area contributed by atoms with Crippen LogP contribution in [0.5, 0.6) is 0 Å². The Hall–Kier alpha value is -1.39. The van der Waals surface area contributed by atoms with Crippen molar-refractivity contribution in [1.82, 2.24) is 15.1 Å². The summed E-state index contributed by atoms with van der Waals surface area (Å²) in [6.07, 6.45) is 1.56. The van der Waals surface area contributed by atoms with E-state index in [1.807, 2.05) is 39.3 Å². The van der Waals surface area contributed by atoms with Gasteiger partial charge in [0.15, 0.2) is 0 Å². The molecule has 0 aliphatic rings. The lowest BCUT2D eigenvalue weighted by atomic mass is 10.2. The summed E-state index contributed by atoms with van der Waals surface area (Å²) < 4.78 is 0. The van der Waals surface area contributed by atoms with E-state index in [-0.39, 0.29) is 5.91 Å². The van der Waals surface area contributed by atoms with Crippen LogP contribution in [0.15, 0.2) is 30.3 Å². The van der Waals surface area contributed by atoms with Crippen molar-refractivity contribution < 1.29 is 4.79 Å². The van der Waals surface area contributed by atoms with Gasteiger partial charge in [0.05, 0.1) is 0 Å². The first-order valence-corrected chi connectivity index (χ1v) is 7.22. The number of carbonyl (C=O) groups is 1. The lowest BCUT2D eigenvalue weighted by Gasteiger charge is -2.16. The predicted octanol–water partition coefficient (Wildman–Crippen LogP) is 1.58. The van der Waals surface area contributed by atoms with Crippen LogP contribution in [0.25, 0.3) is 0 Å². The summed E-state index contributed by atoms with van der Waals surface area (Å²) in [5, 5.41) is 2.96. The summed E-state index contributed by atoms with van der Waals surface area (Å²) in [5.41, 5.74) is 1.28. The van der Waals surface area contributed by atoms with E-state index < -0.39 is 0 Å². The molecular weight excluding hydrogens is 250 g/mol. The Labute approximate surface area is 122 Å². The van der Waals surface area contributed by atoms with E-state index in [9.17, 15) is 4.79 Å². The number of nitrogens with one attached hydrogen (secondary N) is 1. The predicted molar refractivity (Wildman–Crippen MR) is 83.6 cm³/mol. The zero-order valence-corrected chi connectivity index (χ0v) is 12.9. The monoisotopic (exact) mass is 277 g/mol. The second-order valence-corrected chi connectivity index (χ2v) is 5.48. The molecule has 20 heavy (non-hydrogen) atoms. The molecule has 4 nitrogen and oxygen atoms in total. The van der Waals surface area contributed by atoms with Crippen LogP contribution in [0.3, 0.4) is 0 Å². The molecule has 1 aromatic rings. The number of nitrogens with zero attached hydrogens (tertiary/aromatic N) is 2. The molecular formula is C16H27N3O. The maximum Gasteiger partial charge on any atom is 0.221 e. The number of hydrogen-bond donors (Lipinski definition) is 1. The molecule has 4 heteroatoms. The molecule has 0 spiro atoms. The highest BCUT2D eigenvalue weighted by atomic mass is 16.1. The summed E-state index contributed by atoms with van der Waals surface area (Å²) in [6, 6.07) is 10.3. The quantitative estimate of drug-likeness (QED) is 0.696. The molecule has 0 aliphatic carbocycles. The van der Waals surface area contributed by atoms with Crippen molar-refractivity contribution in [2.75, 3.05) is 40.8 Å². The molecule has 0 aliphatic heterocycles. The zero-order valence-electron chi connectivity index (χ0n) is 12.9. The van der Waals surface area contributed by atoms with Crippen molar-refractivity contribution in [3.05, 3.63) is 35.9 Å². The van der Waals surface area contributed by atoms with E-state index in [2.05, 4.69) is 27.2 Å². The molecule has 1 aromatic carbocycles. The Morgan fingerprint density at radius 1 is 1.10 bits per heavy atom. The van der Waals surface area contributed by atoms with Gasteiger partial charge in [0.2, 0.25) is 5.91 Å². The first-order valence-electron chi connectivity index (χ1n) is 7.22. The molecule has 0 unspecified atom stereocenters. The zero-order chi connectivity index (χ0) is 14.8. The molecule has 112 valence electrons. The average molecular weight is 277 g/mol. The molecule has 1 N–H and O–H groups in total. The Balaban J connectivity index is 2.11. The third-order valence-corrected chi connectivity index (χ3v) is 3.12. The fraction of sp³-hybridized carbons (Fsp3) is 0.562. The van der Waals surface area contributed by atoms with Crippen LogP contribution < -0.4 is 5.32 Å². The molecule has 1 rings (SSSR count). The first-order chi connectivity index (χ1) is 9.58. The van der Waals surface area contributed by atoms with E-state index in [1.54, 1.807) is 0 Å². The van der Waals surface area contributed by atoms with Crippen LogP contribution in [0.1, 0.15) is 18.4 Å².